The first-order valence-electron chi connectivity index (χ1n) is 6.48. The average molecular weight is 312 g/mol. The van der Waals surface area contributed by atoms with Gasteiger partial charge in [0.2, 0.25) is 0 Å². The van der Waals surface area contributed by atoms with Crippen molar-refractivity contribution in [2.24, 2.45) is 0 Å². The van der Waals surface area contributed by atoms with Crippen molar-refractivity contribution >= 4 is 0 Å². The van der Waals surface area contributed by atoms with Crippen molar-refractivity contribution in [3.8, 4) is 0 Å². The van der Waals surface area contributed by atoms with E-state index in [-0.39, 0.29) is 6.61 Å². The Balaban J connectivity index is 2.01. The number of aliphatic hydroxyl groups excluding tert-OH is 7. The molecule has 0 aliphatic carbocycles. The van der Waals surface area contributed by atoms with E-state index < -0.39 is 61.9 Å². The zero-order chi connectivity index (χ0) is 15.7. The SMILES string of the molecule is OC[C@H]1O[C@@H](O[C@@H]2OC[C@@H](O)[C@H](O)[C@H]2O)[C@@H](O)[C@@H](O)[C@@H]1O. The van der Waals surface area contributed by atoms with E-state index in [1.54, 1.807) is 0 Å². The maximum absolute atomic E-state index is 9.77. The van der Waals surface area contributed by atoms with Gasteiger partial charge >= 0.3 is 0 Å². The standard InChI is InChI=1S/C11H20O10/c12-1-4-6(15)7(16)9(18)11(20-4)21-10-8(17)5(14)3(13)2-19-10/h3-18H,1-2H2/t3-,4-,5+,6-,7+,8-,9+,10+,11+/m1/s1. The molecule has 21 heavy (non-hydrogen) atoms. The summed E-state index contributed by atoms with van der Waals surface area (Å²) < 4.78 is 15.2. The molecule has 0 bridgehead atoms. The highest BCUT2D eigenvalue weighted by atomic mass is 16.8. The van der Waals surface area contributed by atoms with Crippen LogP contribution < -0.4 is 0 Å². The van der Waals surface area contributed by atoms with Gasteiger partial charge < -0.3 is 50.0 Å². The molecule has 0 aromatic rings. The first kappa shape index (κ1) is 17.0. The van der Waals surface area contributed by atoms with Gasteiger partial charge in [0.1, 0.15) is 42.7 Å². The number of hydrogen-bond donors (Lipinski definition) is 7. The fraction of sp³-hybridized carbons (Fsp3) is 1.00. The van der Waals surface area contributed by atoms with Crippen LogP contribution in [-0.2, 0) is 14.2 Å². The summed E-state index contributed by atoms with van der Waals surface area (Å²) in [5, 5.41) is 66.5. The predicted molar refractivity (Wildman–Crippen MR) is 62.6 cm³/mol. The first-order valence-corrected chi connectivity index (χ1v) is 6.48. The molecule has 2 aliphatic rings. The van der Waals surface area contributed by atoms with E-state index in [4.69, 9.17) is 19.3 Å². The highest BCUT2D eigenvalue weighted by Crippen LogP contribution is 2.25. The molecular formula is C11H20O10. The van der Waals surface area contributed by atoms with Crippen LogP contribution in [0.5, 0.6) is 0 Å². The van der Waals surface area contributed by atoms with E-state index in [1.807, 2.05) is 0 Å². The van der Waals surface area contributed by atoms with Crippen LogP contribution in [0.1, 0.15) is 0 Å². The minimum Gasteiger partial charge on any atom is -0.394 e. The van der Waals surface area contributed by atoms with Crippen LogP contribution in [0.4, 0.5) is 0 Å². The Morgan fingerprint density at radius 1 is 0.810 bits per heavy atom. The molecule has 7 N–H and O–H groups in total. The lowest BCUT2D eigenvalue weighted by molar-refractivity contribution is -0.365. The summed E-state index contributed by atoms with van der Waals surface area (Å²) in [6.45, 7) is -0.930. The summed E-state index contributed by atoms with van der Waals surface area (Å²) in [5.41, 5.74) is 0. The van der Waals surface area contributed by atoms with Crippen LogP contribution in [0.25, 0.3) is 0 Å². The second-order valence-electron chi connectivity index (χ2n) is 5.08. The third-order valence-electron chi connectivity index (χ3n) is 3.57. The summed E-state index contributed by atoms with van der Waals surface area (Å²) in [6.07, 6.45) is -13.3. The van der Waals surface area contributed by atoms with Gasteiger partial charge in [-0.1, -0.05) is 0 Å². The van der Waals surface area contributed by atoms with E-state index in [1.165, 1.54) is 0 Å². The molecule has 124 valence electrons. The van der Waals surface area contributed by atoms with Gasteiger partial charge in [-0.25, -0.2) is 0 Å². The fourth-order valence-electron chi connectivity index (χ4n) is 2.21. The largest absolute Gasteiger partial charge is 0.394 e. The summed E-state index contributed by atoms with van der Waals surface area (Å²) in [7, 11) is 0. The lowest BCUT2D eigenvalue weighted by Gasteiger charge is -2.42. The summed E-state index contributed by atoms with van der Waals surface area (Å²) in [5.74, 6) is 0. The summed E-state index contributed by atoms with van der Waals surface area (Å²) >= 11 is 0. The quantitative estimate of drug-likeness (QED) is 0.268. The second kappa shape index (κ2) is 6.79. The Morgan fingerprint density at radius 2 is 1.43 bits per heavy atom. The third-order valence-corrected chi connectivity index (χ3v) is 3.57. The fourth-order valence-corrected chi connectivity index (χ4v) is 2.21. The maximum Gasteiger partial charge on any atom is 0.189 e. The molecule has 2 rings (SSSR count). The minimum atomic E-state index is -1.65. The molecule has 2 aliphatic heterocycles. The molecule has 10 heteroatoms. The van der Waals surface area contributed by atoms with Crippen molar-refractivity contribution in [3.63, 3.8) is 0 Å². The normalized spacial score (nSPS) is 51.9. The van der Waals surface area contributed by atoms with Gasteiger partial charge in [-0.05, 0) is 0 Å². The third kappa shape index (κ3) is 3.35. The predicted octanol–water partition coefficient (Wildman–Crippen LogP) is -4.76. The second-order valence-corrected chi connectivity index (χ2v) is 5.08. The number of hydrogen-bond acceptors (Lipinski definition) is 10. The monoisotopic (exact) mass is 312 g/mol. The van der Waals surface area contributed by atoms with Crippen molar-refractivity contribution in [1.29, 1.82) is 0 Å². The molecule has 2 saturated heterocycles. The topological polar surface area (TPSA) is 169 Å². The van der Waals surface area contributed by atoms with Crippen LogP contribution in [0.15, 0.2) is 0 Å². The van der Waals surface area contributed by atoms with Gasteiger partial charge in [-0.2, -0.15) is 0 Å². The van der Waals surface area contributed by atoms with Crippen molar-refractivity contribution in [2.75, 3.05) is 13.2 Å². The number of rotatable bonds is 3. The number of aliphatic hydroxyl groups is 7. The van der Waals surface area contributed by atoms with Crippen LogP contribution in [0, 0.1) is 0 Å². The molecule has 0 radical (unpaired) electrons. The van der Waals surface area contributed by atoms with Crippen LogP contribution in [-0.4, -0.2) is 104 Å². The molecular weight excluding hydrogens is 292 g/mol. The highest BCUT2D eigenvalue weighted by molar-refractivity contribution is 4.90. The molecule has 9 atom stereocenters. The van der Waals surface area contributed by atoms with E-state index >= 15 is 0 Å². The zero-order valence-corrected chi connectivity index (χ0v) is 11.0. The zero-order valence-electron chi connectivity index (χ0n) is 11.0. The summed E-state index contributed by atoms with van der Waals surface area (Å²) in [4.78, 5) is 0. The Bertz CT molecular complexity index is 339. The van der Waals surface area contributed by atoms with Crippen LogP contribution in [0.2, 0.25) is 0 Å². The molecule has 10 nitrogen and oxygen atoms in total. The van der Waals surface area contributed by atoms with E-state index in [0.717, 1.165) is 0 Å². The molecule has 0 saturated carbocycles. The van der Waals surface area contributed by atoms with Gasteiger partial charge in [0, 0.05) is 0 Å². The maximum atomic E-state index is 9.77. The molecule has 0 spiro atoms. The number of ether oxygens (including phenoxy) is 3. The van der Waals surface area contributed by atoms with Gasteiger partial charge in [-0.3, -0.25) is 0 Å². The molecule has 0 amide bonds. The van der Waals surface area contributed by atoms with Gasteiger partial charge in [0.15, 0.2) is 12.6 Å². The van der Waals surface area contributed by atoms with E-state index in [2.05, 4.69) is 0 Å². The van der Waals surface area contributed by atoms with Gasteiger partial charge in [0.05, 0.1) is 13.2 Å². The Kier molecular flexibility index (Phi) is 5.48. The molecule has 2 fully saturated rings. The molecule has 0 aromatic carbocycles. The first-order chi connectivity index (χ1) is 9.86. The van der Waals surface area contributed by atoms with Crippen LogP contribution >= 0.6 is 0 Å². The van der Waals surface area contributed by atoms with E-state index in [9.17, 15) is 30.6 Å². The van der Waals surface area contributed by atoms with E-state index in [0.29, 0.717) is 0 Å². The Morgan fingerprint density at radius 3 is 2.05 bits per heavy atom. The molecule has 0 unspecified atom stereocenters. The smallest absolute Gasteiger partial charge is 0.189 e. The van der Waals surface area contributed by atoms with Crippen molar-refractivity contribution in [1.82, 2.24) is 0 Å². The lowest BCUT2D eigenvalue weighted by Crippen LogP contribution is -2.62. The van der Waals surface area contributed by atoms with Crippen molar-refractivity contribution in [2.45, 2.75) is 55.3 Å². The Labute approximate surface area is 119 Å². The van der Waals surface area contributed by atoms with Gasteiger partial charge in [-0.15, -0.1) is 0 Å². The average Bonchev–Trinajstić information content (AvgIpc) is 2.48. The van der Waals surface area contributed by atoms with Crippen LogP contribution in [0.3, 0.4) is 0 Å². The van der Waals surface area contributed by atoms with Crippen molar-refractivity contribution in [3.05, 3.63) is 0 Å². The lowest BCUT2D eigenvalue weighted by atomic mass is 9.99. The van der Waals surface area contributed by atoms with Crippen molar-refractivity contribution < 1.29 is 50.0 Å². The Hall–Kier alpha value is -0.400. The molecule has 0 aromatic heterocycles. The van der Waals surface area contributed by atoms with Gasteiger partial charge in [0.25, 0.3) is 0 Å². The molecule has 2 heterocycles. The minimum absolute atomic E-state index is 0.305. The summed E-state index contributed by atoms with van der Waals surface area (Å²) in [6, 6.07) is 0. The highest BCUT2D eigenvalue weighted by Gasteiger charge is 2.47.